The molecule has 6 nitrogen and oxygen atoms in total. The molecule has 0 radical (unpaired) electrons. The number of benzene rings is 1. The van der Waals surface area contributed by atoms with Gasteiger partial charge in [-0.25, -0.2) is 0 Å². The summed E-state index contributed by atoms with van der Waals surface area (Å²) < 4.78 is 10.2. The van der Waals surface area contributed by atoms with Crippen LogP contribution in [0, 0.1) is 5.41 Å². The quantitative estimate of drug-likeness (QED) is 0.540. The van der Waals surface area contributed by atoms with Gasteiger partial charge in [0.25, 0.3) is 0 Å². The first kappa shape index (κ1) is 19.5. The number of esters is 2. The van der Waals surface area contributed by atoms with Crippen LogP contribution in [0.3, 0.4) is 0 Å². The van der Waals surface area contributed by atoms with Crippen molar-refractivity contribution in [1.82, 2.24) is 4.90 Å². The lowest BCUT2D eigenvalue weighted by Crippen LogP contribution is -2.61. The molecule has 0 N–H and O–H groups in total. The molecule has 2 saturated heterocycles. The van der Waals surface area contributed by atoms with E-state index in [2.05, 4.69) is 4.90 Å². The van der Waals surface area contributed by atoms with Gasteiger partial charge in [0.1, 0.15) is 0 Å². The lowest BCUT2D eigenvalue weighted by molar-refractivity contribution is -0.173. The van der Waals surface area contributed by atoms with E-state index in [1.807, 2.05) is 37.3 Å². The average Bonchev–Trinajstić information content (AvgIpc) is 2.99. The zero-order chi connectivity index (χ0) is 19.4. The standard InChI is InChI=1S/C21H27NO5/c1-3-11-27-19(24)13-21(20(25)26-2)17-10-9-16(12-18(21)23)22(17)14-15-7-5-4-6-8-15/h4-8,16-17H,3,9-14H2,1-2H3/t16-,17+,21-/m1/s1. The molecule has 2 aliphatic rings. The molecule has 2 bridgehead atoms. The van der Waals surface area contributed by atoms with Crippen LogP contribution in [-0.4, -0.2) is 48.4 Å². The van der Waals surface area contributed by atoms with Crippen LogP contribution in [0.5, 0.6) is 0 Å². The van der Waals surface area contributed by atoms with Gasteiger partial charge in [0, 0.05) is 25.0 Å². The molecule has 2 fully saturated rings. The van der Waals surface area contributed by atoms with E-state index < -0.39 is 17.4 Å². The maximum atomic E-state index is 13.0. The van der Waals surface area contributed by atoms with Crippen molar-refractivity contribution in [3.8, 4) is 0 Å². The molecule has 0 aliphatic carbocycles. The summed E-state index contributed by atoms with van der Waals surface area (Å²) in [5.41, 5.74) is -0.350. The van der Waals surface area contributed by atoms with Gasteiger partial charge in [0.05, 0.1) is 20.1 Å². The van der Waals surface area contributed by atoms with Crippen molar-refractivity contribution in [2.24, 2.45) is 5.41 Å². The molecule has 0 spiro atoms. The average molecular weight is 373 g/mol. The monoisotopic (exact) mass is 373 g/mol. The lowest BCUT2D eigenvalue weighted by Gasteiger charge is -2.45. The smallest absolute Gasteiger partial charge is 0.321 e. The molecule has 0 unspecified atom stereocenters. The molecule has 3 atom stereocenters. The third-order valence-electron chi connectivity index (χ3n) is 5.78. The summed E-state index contributed by atoms with van der Waals surface area (Å²) in [5, 5.41) is 0. The number of carbonyl (C=O) groups is 3. The van der Waals surface area contributed by atoms with E-state index >= 15 is 0 Å². The second kappa shape index (κ2) is 8.21. The predicted molar refractivity (Wildman–Crippen MR) is 98.7 cm³/mol. The Morgan fingerprint density at radius 3 is 2.63 bits per heavy atom. The first-order valence-corrected chi connectivity index (χ1v) is 9.60. The second-order valence-electron chi connectivity index (χ2n) is 7.39. The molecule has 1 aromatic carbocycles. The third-order valence-corrected chi connectivity index (χ3v) is 5.78. The van der Waals surface area contributed by atoms with Gasteiger partial charge in [-0.15, -0.1) is 0 Å². The zero-order valence-electron chi connectivity index (χ0n) is 16.0. The maximum absolute atomic E-state index is 13.0. The molecule has 3 rings (SSSR count). The Kier molecular flexibility index (Phi) is 5.95. The van der Waals surface area contributed by atoms with Crippen molar-refractivity contribution in [1.29, 1.82) is 0 Å². The number of hydrogen-bond acceptors (Lipinski definition) is 6. The van der Waals surface area contributed by atoms with Crippen molar-refractivity contribution in [3.63, 3.8) is 0 Å². The molecule has 27 heavy (non-hydrogen) atoms. The molecular formula is C21H27NO5. The number of carbonyl (C=O) groups excluding carboxylic acids is 3. The number of rotatable bonds is 7. The van der Waals surface area contributed by atoms with E-state index in [4.69, 9.17) is 9.47 Å². The fraction of sp³-hybridized carbons (Fsp3) is 0.571. The minimum atomic E-state index is -1.47. The lowest BCUT2D eigenvalue weighted by atomic mass is 9.70. The van der Waals surface area contributed by atoms with Gasteiger partial charge in [-0.2, -0.15) is 0 Å². The summed E-state index contributed by atoms with van der Waals surface area (Å²) in [6.45, 7) is 2.83. The van der Waals surface area contributed by atoms with Gasteiger partial charge in [0.2, 0.25) is 0 Å². The molecule has 0 aromatic heterocycles. The second-order valence-corrected chi connectivity index (χ2v) is 7.39. The van der Waals surface area contributed by atoms with Crippen molar-refractivity contribution in [3.05, 3.63) is 35.9 Å². The molecule has 1 aromatic rings. The van der Waals surface area contributed by atoms with Gasteiger partial charge < -0.3 is 9.47 Å². The van der Waals surface area contributed by atoms with Gasteiger partial charge >= 0.3 is 11.9 Å². The number of ether oxygens (including phenoxy) is 2. The number of methoxy groups -OCH3 is 1. The number of piperidine rings is 1. The van der Waals surface area contributed by atoms with Crippen LogP contribution in [0.2, 0.25) is 0 Å². The maximum Gasteiger partial charge on any atom is 0.321 e. The normalized spacial score (nSPS) is 27.4. The molecule has 0 amide bonds. The van der Waals surface area contributed by atoms with Gasteiger partial charge in [0.15, 0.2) is 11.2 Å². The van der Waals surface area contributed by atoms with Crippen LogP contribution in [0.15, 0.2) is 30.3 Å². The highest BCUT2D eigenvalue weighted by Gasteiger charge is 2.62. The summed E-state index contributed by atoms with van der Waals surface area (Å²) in [6, 6.07) is 9.73. The number of ketones is 1. The van der Waals surface area contributed by atoms with Crippen molar-refractivity contribution in [2.75, 3.05) is 13.7 Å². The Labute approximate surface area is 159 Å². The number of hydrogen-bond donors (Lipinski definition) is 0. The highest BCUT2D eigenvalue weighted by molar-refractivity contribution is 6.08. The van der Waals surface area contributed by atoms with Gasteiger partial charge in [-0.3, -0.25) is 19.3 Å². The van der Waals surface area contributed by atoms with Crippen LogP contribution in [0.4, 0.5) is 0 Å². The Morgan fingerprint density at radius 1 is 1.22 bits per heavy atom. The predicted octanol–water partition coefficient (Wildman–Crippen LogP) is 2.50. The largest absolute Gasteiger partial charge is 0.468 e. The highest BCUT2D eigenvalue weighted by Crippen LogP contribution is 2.48. The third kappa shape index (κ3) is 3.63. The zero-order valence-corrected chi connectivity index (χ0v) is 16.0. The number of nitrogens with zero attached hydrogens (tertiary/aromatic N) is 1. The van der Waals surface area contributed by atoms with Crippen LogP contribution in [0.25, 0.3) is 0 Å². The van der Waals surface area contributed by atoms with E-state index in [9.17, 15) is 14.4 Å². The summed E-state index contributed by atoms with van der Waals surface area (Å²) in [5.74, 6) is -1.33. The van der Waals surface area contributed by atoms with Crippen LogP contribution < -0.4 is 0 Å². The van der Waals surface area contributed by atoms with Crippen LogP contribution >= 0.6 is 0 Å². The summed E-state index contributed by atoms with van der Waals surface area (Å²) in [6.07, 6.45) is 2.24. The van der Waals surface area contributed by atoms with E-state index in [-0.39, 0.29) is 37.3 Å². The Balaban J connectivity index is 1.91. The summed E-state index contributed by atoms with van der Waals surface area (Å²) >= 11 is 0. The first-order chi connectivity index (χ1) is 13.0. The molecule has 2 aliphatic heterocycles. The van der Waals surface area contributed by atoms with Crippen LogP contribution in [-0.2, 0) is 30.4 Å². The number of Topliss-reactive ketones (excluding diaryl/α,β-unsaturated/α-hetero) is 1. The molecule has 6 heteroatoms. The first-order valence-electron chi connectivity index (χ1n) is 9.60. The van der Waals surface area contributed by atoms with Crippen LogP contribution in [0.1, 0.15) is 44.6 Å². The SMILES string of the molecule is CCCOC(=O)C[C@]1(C(=O)OC)C(=O)C[C@H]2CC[C@@H]1N2Cc1ccccc1. The highest BCUT2D eigenvalue weighted by atomic mass is 16.5. The summed E-state index contributed by atoms with van der Waals surface area (Å²) in [7, 11) is 1.28. The minimum Gasteiger partial charge on any atom is -0.468 e. The van der Waals surface area contributed by atoms with E-state index in [1.54, 1.807) is 0 Å². The fourth-order valence-corrected chi connectivity index (χ4v) is 4.52. The van der Waals surface area contributed by atoms with E-state index in [1.165, 1.54) is 7.11 Å². The number of fused-ring (bicyclic) bond motifs is 2. The summed E-state index contributed by atoms with van der Waals surface area (Å²) in [4.78, 5) is 40.5. The topological polar surface area (TPSA) is 72.9 Å². The Morgan fingerprint density at radius 2 is 1.96 bits per heavy atom. The Hall–Kier alpha value is -2.21. The molecule has 146 valence electrons. The molecular weight excluding hydrogens is 346 g/mol. The Bertz CT molecular complexity index is 704. The van der Waals surface area contributed by atoms with Gasteiger partial charge in [-0.1, -0.05) is 37.3 Å². The van der Waals surface area contributed by atoms with Gasteiger partial charge in [-0.05, 0) is 24.8 Å². The van der Waals surface area contributed by atoms with E-state index in [0.717, 1.165) is 12.0 Å². The van der Waals surface area contributed by atoms with E-state index in [0.29, 0.717) is 19.4 Å². The fourth-order valence-electron chi connectivity index (χ4n) is 4.52. The van der Waals surface area contributed by atoms with Crippen molar-refractivity contribution < 1.29 is 23.9 Å². The molecule has 2 heterocycles. The van der Waals surface area contributed by atoms with Crippen molar-refractivity contribution in [2.45, 2.75) is 57.7 Å². The molecule has 0 saturated carbocycles. The van der Waals surface area contributed by atoms with Crippen molar-refractivity contribution >= 4 is 17.7 Å². The minimum absolute atomic E-state index is 0.104.